The number of hydrogen-bond donors (Lipinski definition) is 2. The molecule has 24 heavy (non-hydrogen) atoms. The molecular weight excluding hydrogens is 304 g/mol. The predicted octanol–water partition coefficient (Wildman–Crippen LogP) is 2.93. The van der Waals surface area contributed by atoms with Crippen molar-refractivity contribution in [2.24, 2.45) is 5.73 Å². The molecule has 0 saturated carbocycles. The van der Waals surface area contributed by atoms with Crippen molar-refractivity contribution in [1.29, 1.82) is 5.26 Å². The van der Waals surface area contributed by atoms with Gasteiger partial charge in [0.2, 0.25) is 11.8 Å². The van der Waals surface area contributed by atoms with Gasteiger partial charge < -0.3 is 15.2 Å². The lowest BCUT2D eigenvalue weighted by Crippen LogP contribution is -2.24. The molecule has 1 atom stereocenters. The number of methoxy groups -OCH3 is 1. The lowest BCUT2D eigenvalue weighted by atomic mass is 9.78. The molecule has 0 radical (unpaired) electrons. The van der Waals surface area contributed by atoms with Gasteiger partial charge >= 0.3 is 0 Å². The topological polar surface area (TPSA) is 96.9 Å². The minimum absolute atomic E-state index is 0.0767. The van der Waals surface area contributed by atoms with Gasteiger partial charge in [-0.05, 0) is 6.07 Å². The van der Waals surface area contributed by atoms with Gasteiger partial charge in [0, 0.05) is 16.7 Å². The van der Waals surface area contributed by atoms with Crippen LogP contribution in [-0.4, -0.2) is 17.3 Å². The molecule has 6 heteroatoms. The SMILES string of the molecule is COc1ccccc1C1C(C#N)=C(N)Oc2n[nH]c(C(C)(C)C)c21. The van der Waals surface area contributed by atoms with E-state index in [-0.39, 0.29) is 17.2 Å². The number of nitrogens with zero attached hydrogens (tertiary/aromatic N) is 2. The first-order valence-electron chi connectivity index (χ1n) is 7.67. The number of fused-ring (bicyclic) bond motifs is 1. The molecule has 0 aliphatic carbocycles. The second-order valence-electron chi connectivity index (χ2n) is 6.73. The number of ether oxygens (including phenoxy) is 2. The number of allylic oxidation sites excluding steroid dienone is 1. The molecule has 0 amide bonds. The van der Waals surface area contributed by atoms with E-state index in [1.807, 2.05) is 24.3 Å². The first-order valence-corrected chi connectivity index (χ1v) is 7.67. The molecule has 2 heterocycles. The minimum atomic E-state index is -0.386. The summed E-state index contributed by atoms with van der Waals surface area (Å²) < 4.78 is 11.1. The van der Waals surface area contributed by atoms with Crippen molar-refractivity contribution in [3.05, 3.63) is 52.5 Å². The highest BCUT2D eigenvalue weighted by molar-refractivity contribution is 5.58. The zero-order valence-electron chi connectivity index (χ0n) is 14.2. The van der Waals surface area contributed by atoms with Crippen LogP contribution in [0.15, 0.2) is 35.7 Å². The smallest absolute Gasteiger partial charge is 0.244 e. The first kappa shape index (κ1) is 15.9. The molecule has 124 valence electrons. The lowest BCUT2D eigenvalue weighted by Gasteiger charge is -2.28. The number of nitriles is 1. The maximum Gasteiger partial charge on any atom is 0.244 e. The lowest BCUT2D eigenvalue weighted by molar-refractivity contribution is 0.374. The van der Waals surface area contributed by atoms with Crippen LogP contribution in [0, 0.1) is 11.3 Å². The summed E-state index contributed by atoms with van der Waals surface area (Å²) in [5.41, 5.74) is 8.74. The summed E-state index contributed by atoms with van der Waals surface area (Å²) in [6, 6.07) is 9.80. The summed E-state index contributed by atoms with van der Waals surface area (Å²) in [7, 11) is 1.61. The largest absolute Gasteiger partial charge is 0.496 e. The normalized spacial score (nSPS) is 17.0. The molecule has 2 aromatic rings. The average Bonchev–Trinajstić information content (AvgIpc) is 2.97. The first-order chi connectivity index (χ1) is 11.4. The van der Waals surface area contributed by atoms with Gasteiger partial charge in [-0.2, -0.15) is 5.26 Å². The Hall–Kier alpha value is -2.94. The van der Waals surface area contributed by atoms with Crippen molar-refractivity contribution < 1.29 is 9.47 Å². The highest BCUT2D eigenvalue weighted by Crippen LogP contribution is 2.47. The zero-order chi connectivity index (χ0) is 17.5. The number of rotatable bonds is 2. The van der Waals surface area contributed by atoms with E-state index in [2.05, 4.69) is 37.0 Å². The van der Waals surface area contributed by atoms with E-state index in [0.717, 1.165) is 16.8 Å². The van der Waals surface area contributed by atoms with Crippen LogP contribution in [0.3, 0.4) is 0 Å². The molecule has 1 aliphatic heterocycles. The van der Waals surface area contributed by atoms with Crippen molar-refractivity contribution in [3.8, 4) is 17.7 Å². The fourth-order valence-electron chi connectivity index (χ4n) is 3.03. The Morgan fingerprint density at radius 1 is 1.33 bits per heavy atom. The number of nitrogens with one attached hydrogen (secondary N) is 1. The number of benzene rings is 1. The fraction of sp³-hybridized carbons (Fsp3) is 0.333. The number of aromatic amines is 1. The molecule has 0 fully saturated rings. The van der Waals surface area contributed by atoms with Crippen molar-refractivity contribution in [2.75, 3.05) is 7.11 Å². The number of H-pyrrole nitrogens is 1. The van der Waals surface area contributed by atoms with E-state index < -0.39 is 0 Å². The third-order valence-corrected chi connectivity index (χ3v) is 4.14. The summed E-state index contributed by atoms with van der Waals surface area (Å²) in [5, 5.41) is 17.0. The number of aromatic nitrogens is 2. The molecule has 0 bridgehead atoms. The van der Waals surface area contributed by atoms with Crippen LogP contribution in [0.4, 0.5) is 0 Å². The molecule has 3 N–H and O–H groups in total. The van der Waals surface area contributed by atoms with Crippen LogP contribution in [0.1, 0.15) is 43.5 Å². The number of hydrogen-bond acceptors (Lipinski definition) is 5. The van der Waals surface area contributed by atoms with Gasteiger partial charge in [-0.1, -0.05) is 39.0 Å². The summed E-state index contributed by atoms with van der Waals surface area (Å²) in [6.07, 6.45) is 0. The van der Waals surface area contributed by atoms with Crippen molar-refractivity contribution >= 4 is 0 Å². The molecular formula is C18H20N4O2. The maximum atomic E-state index is 9.67. The van der Waals surface area contributed by atoms with E-state index in [1.165, 1.54) is 0 Å². The molecule has 1 aliphatic rings. The van der Waals surface area contributed by atoms with Crippen molar-refractivity contribution in [2.45, 2.75) is 32.1 Å². The van der Waals surface area contributed by atoms with Gasteiger partial charge in [0.15, 0.2) is 0 Å². The average molecular weight is 324 g/mol. The van der Waals surface area contributed by atoms with Crippen LogP contribution in [0.25, 0.3) is 0 Å². The van der Waals surface area contributed by atoms with Gasteiger partial charge in [-0.25, -0.2) is 0 Å². The molecule has 1 unspecified atom stereocenters. The third-order valence-electron chi connectivity index (χ3n) is 4.14. The van der Waals surface area contributed by atoms with Crippen molar-refractivity contribution in [3.63, 3.8) is 0 Å². The Morgan fingerprint density at radius 2 is 2.04 bits per heavy atom. The minimum Gasteiger partial charge on any atom is -0.496 e. The highest BCUT2D eigenvalue weighted by Gasteiger charge is 2.39. The Bertz CT molecular complexity index is 853. The van der Waals surface area contributed by atoms with Crippen molar-refractivity contribution in [1.82, 2.24) is 10.2 Å². The van der Waals surface area contributed by atoms with E-state index in [4.69, 9.17) is 15.2 Å². The molecule has 6 nitrogen and oxygen atoms in total. The van der Waals surface area contributed by atoms with Gasteiger partial charge in [-0.15, -0.1) is 5.10 Å². The number of para-hydroxylation sites is 1. The van der Waals surface area contributed by atoms with Gasteiger partial charge in [0.05, 0.1) is 18.6 Å². The Balaban J connectivity index is 2.31. The standard InChI is InChI=1S/C18H20N4O2/c1-18(2,3)15-14-13(10-7-5-6-8-12(10)23-4)11(9-19)16(20)24-17(14)22-21-15/h5-8,13H,20H2,1-4H3,(H,21,22). The maximum absolute atomic E-state index is 9.67. The summed E-state index contributed by atoms with van der Waals surface area (Å²) in [4.78, 5) is 0. The predicted molar refractivity (Wildman–Crippen MR) is 89.6 cm³/mol. The zero-order valence-corrected chi connectivity index (χ0v) is 14.2. The van der Waals surface area contributed by atoms with Crippen LogP contribution in [-0.2, 0) is 5.41 Å². The van der Waals surface area contributed by atoms with Crippen LogP contribution in [0.5, 0.6) is 11.6 Å². The monoisotopic (exact) mass is 324 g/mol. The summed E-state index contributed by atoms with van der Waals surface area (Å²) in [6.45, 7) is 6.23. The second-order valence-corrected chi connectivity index (χ2v) is 6.73. The van der Waals surface area contributed by atoms with Gasteiger partial charge in [0.1, 0.15) is 17.4 Å². The van der Waals surface area contributed by atoms with E-state index in [1.54, 1.807) is 7.11 Å². The highest BCUT2D eigenvalue weighted by atomic mass is 16.5. The van der Waals surface area contributed by atoms with E-state index in [0.29, 0.717) is 17.2 Å². The van der Waals surface area contributed by atoms with Gasteiger partial charge in [0.25, 0.3) is 0 Å². The molecule has 1 aromatic carbocycles. The Labute approximate surface area is 140 Å². The molecule has 0 spiro atoms. The third kappa shape index (κ3) is 2.38. The van der Waals surface area contributed by atoms with Crippen LogP contribution < -0.4 is 15.2 Å². The van der Waals surface area contributed by atoms with Crippen LogP contribution >= 0.6 is 0 Å². The van der Waals surface area contributed by atoms with E-state index >= 15 is 0 Å². The molecule has 3 rings (SSSR count). The Morgan fingerprint density at radius 3 is 2.67 bits per heavy atom. The quantitative estimate of drug-likeness (QED) is 0.885. The van der Waals surface area contributed by atoms with Crippen LogP contribution in [0.2, 0.25) is 0 Å². The number of nitrogens with two attached hydrogens (primary N) is 1. The summed E-state index contributed by atoms with van der Waals surface area (Å²) >= 11 is 0. The summed E-state index contributed by atoms with van der Waals surface area (Å²) in [5.74, 6) is 0.792. The fourth-order valence-corrected chi connectivity index (χ4v) is 3.03. The Kier molecular flexibility index (Phi) is 3.72. The molecule has 0 saturated heterocycles. The van der Waals surface area contributed by atoms with E-state index in [9.17, 15) is 5.26 Å². The second kappa shape index (κ2) is 5.60. The van der Waals surface area contributed by atoms with Gasteiger partial charge in [-0.3, -0.25) is 5.10 Å². The molecule has 1 aromatic heterocycles.